The molecule has 0 atom stereocenters. The molecule has 3 rings (SSSR count). The highest BCUT2D eigenvalue weighted by atomic mass is 35.5. The summed E-state index contributed by atoms with van der Waals surface area (Å²) in [6.45, 7) is 1.84. The van der Waals surface area contributed by atoms with Gasteiger partial charge in [-0.25, -0.2) is 4.79 Å². The van der Waals surface area contributed by atoms with E-state index in [1.807, 2.05) is 19.1 Å². The van der Waals surface area contributed by atoms with E-state index in [0.29, 0.717) is 16.5 Å². The molecule has 0 saturated heterocycles. The van der Waals surface area contributed by atoms with Crippen LogP contribution in [-0.2, 0) is 9.59 Å². The number of anilines is 2. The molecule has 0 aliphatic carbocycles. The van der Waals surface area contributed by atoms with Crippen LogP contribution in [0.25, 0.3) is 0 Å². The smallest absolute Gasteiger partial charge is 0.331 e. The number of hydrogen-bond donors (Lipinski definition) is 1. The van der Waals surface area contributed by atoms with E-state index in [1.54, 1.807) is 11.0 Å². The fraction of sp³-hybridized carbons (Fsp3) is 0.176. The molecule has 0 fully saturated rings. The monoisotopic (exact) mass is 398 g/mol. The lowest BCUT2D eigenvalue weighted by molar-refractivity contribution is -0.133. The van der Waals surface area contributed by atoms with Gasteiger partial charge in [-0.1, -0.05) is 40.9 Å². The quantitative estimate of drug-likeness (QED) is 0.617. The van der Waals surface area contributed by atoms with Crippen LogP contribution in [0.2, 0.25) is 15.1 Å². The molecule has 0 unspecified atom stereocenters. The highest BCUT2D eigenvalue weighted by Gasteiger charge is 2.26. The van der Waals surface area contributed by atoms with Crippen LogP contribution in [0.3, 0.4) is 0 Å². The molecule has 25 heavy (non-hydrogen) atoms. The van der Waals surface area contributed by atoms with Crippen molar-refractivity contribution in [2.75, 3.05) is 23.3 Å². The largest absolute Gasteiger partial charge is 0.423 e. The second kappa shape index (κ2) is 7.12. The normalized spacial score (nSPS) is 13.3. The average molecular weight is 400 g/mol. The number of esters is 1. The van der Waals surface area contributed by atoms with Gasteiger partial charge in [0.2, 0.25) is 5.91 Å². The number of aryl methyl sites for hydroxylation is 1. The van der Waals surface area contributed by atoms with Gasteiger partial charge in [0.15, 0.2) is 5.75 Å². The van der Waals surface area contributed by atoms with Gasteiger partial charge in [0.25, 0.3) is 0 Å². The molecular formula is C17H13Cl3N2O3. The number of amides is 1. The summed E-state index contributed by atoms with van der Waals surface area (Å²) < 4.78 is 5.20. The van der Waals surface area contributed by atoms with Crippen LogP contribution in [0.4, 0.5) is 11.4 Å². The molecule has 1 aliphatic rings. The van der Waals surface area contributed by atoms with E-state index in [4.69, 9.17) is 39.5 Å². The number of carbonyl (C=O) groups excluding carboxylic acids is 2. The van der Waals surface area contributed by atoms with Gasteiger partial charge in [-0.15, -0.1) is 0 Å². The maximum atomic E-state index is 12.4. The predicted octanol–water partition coefficient (Wildman–Crippen LogP) is 4.32. The molecule has 1 aliphatic heterocycles. The minimum atomic E-state index is -0.424. The van der Waals surface area contributed by atoms with Gasteiger partial charge < -0.3 is 15.0 Å². The maximum Gasteiger partial charge on any atom is 0.331 e. The first kappa shape index (κ1) is 17.9. The van der Waals surface area contributed by atoms with Crippen molar-refractivity contribution in [3.05, 3.63) is 51.0 Å². The van der Waals surface area contributed by atoms with Gasteiger partial charge in [-0.3, -0.25) is 4.79 Å². The number of carbonyl (C=O) groups is 2. The number of hydrogen-bond acceptors (Lipinski definition) is 4. The number of halogens is 3. The van der Waals surface area contributed by atoms with E-state index < -0.39 is 5.97 Å². The summed E-state index contributed by atoms with van der Waals surface area (Å²) in [4.78, 5) is 25.8. The molecule has 8 heteroatoms. The van der Waals surface area contributed by atoms with Gasteiger partial charge >= 0.3 is 5.97 Å². The van der Waals surface area contributed by atoms with Gasteiger partial charge in [0.1, 0.15) is 6.54 Å². The molecule has 0 radical (unpaired) electrons. The summed E-state index contributed by atoms with van der Waals surface area (Å²) in [5, 5.41) is 3.50. The maximum absolute atomic E-state index is 12.4. The molecular weight excluding hydrogens is 387 g/mol. The Labute approximate surface area is 159 Å². The minimum absolute atomic E-state index is 0.0219. The Bertz CT molecular complexity index is 847. The first-order chi connectivity index (χ1) is 11.8. The van der Waals surface area contributed by atoms with Crippen molar-refractivity contribution in [2.24, 2.45) is 0 Å². The van der Waals surface area contributed by atoms with Gasteiger partial charge in [-0.05, 0) is 36.8 Å². The molecule has 1 heterocycles. The number of benzene rings is 2. The fourth-order valence-electron chi connectivity index (χ4n) is 2.51. The van der Waals surface area contributed by atoms with Crippen LogP contribution in [0.15, 0.2) is 30.3 Å². The second-order valence-electron chi connectivity index (χ2n) is 5.59. The molecule has 2 aromatic rings. The van der Waals surface area contributed by atoms with Crippen LogP contribution in [-0.4, -0.2) is 25.0 Å². The van der Waals surface area contributed by atoms with Crippen molar-refractivity contribution >= 4 is 58.1 Å². The lowest BCUT2D eigenvalue weighted by Gasteiger charge is -2.29. The van der Waals surface area contributed by atoms with E-state index in [2.05, 4.69) is 5.32 Å². The number of nitrogens with one attached hydrogen (secondary N) is 1. The Balaban J connectivity index is 1.80. The Morgan fingerprint density at radius 3 is 2.56 bits per heavy atom. The Morgan fingerprint density at radius 1 is 1.20 bits per heavy atom. The van der Waals surface area contributed by atoms with Crippen molar-refractivity contribution in [3.63, 3.8) is 0 Å². The van der Waals surface area contributed by atoms with Crippen LogP contribution in [0.1, 0.15) is 5.56 Å². The van der Waals surface area contributed by atoms with E-state index in [-0.39, 0.29) is 34.7 Å². The van der Waals surface area contributed by atoms with Gasteiger partial charge in [0.05, 0.1) is 28.0 Å². The summed E-state index contributed by atoms with van der Waals surface area (Å²) >= 11 is 18.0. The molecule has 2 aromatic carbocycles. The predicted molar refractivity (Wildman–Crippen MR) is 99.1 cm³/mol. The zero-order chi connectivity index (χ0) is 18.1. The Hall–Kier alpha value is -1.95. The third kappa shape index (κ3) is 4.00. The summed E-state index contributed by atoms with van der Waals surface area (Å²) in [5.41, 5.74) is 1.95. The van der Waals surface area contributed by atoms with E-state index in [0.717, 1.165) is 5.56 Å². The van der Waals surface area contributed by atoms with Crippen molar-refractivity contribution in [1.82, 2.24) is 0 Å². The minimum Gasteiger partial charge on any atom is -0.423 e. The SMILES string of the molecule is Cc1ccc2c(c1)N(CC(=O)Nc1c(Cl)cc(Cl)cc1Cl)CC(=O)O2. The first-order valence-electron chi connectivity index (χ1n) is 7.34. The summed E-state index contributed by atoms with van der Waals surface area (Å²) in [6.07, 6.45) is 0. The molecule has 0 aromatic heterocycles. The van der Waals surface area contributed by atoms with Crippen LogP contribution >= 0.6 is 34.8 Å². The third-order valence-electron chi connectivity index (χ3n) is 3.60. The highest BCUT2D eigenvalue weighted by Crippen LogP contribution is 2.35. The molecule has 0 saturated carbocycles. The van der Waals surface area contributed by atoms with Crippen LogP contribution < -0.4 is 15.0 Å². The van der Waals surface area contributed by atoms with E-state index >= 15 is 0 Å². The summed E-state index contributed by atoms with van der Waals surface area (Å²) in [7, 11) is 0. The number of rotatable bonds is 3. The van der Waals surface area contributed by atoms with Crippen LogP contribution in [0.5, 0.6) is 5.75 Å². The van der Waals surface area contributed by atoms with Crippen molar-refractivity contribution in [1.29, 1.82) is 0 Å². The van der Waals surface area contributed by atoms with Gasteiger partial charge in [-0.2, -0.15) is 0 Å². The first-order valence-corrected chi connectivity index (χ1v) is 8.47. The zero-order valence-corrected chi connectivity index (χ0v) is 15.4. The molecule has 1 amide bonds. The van der Waals surface area contributed by atoms with Crippen molar-refractivity contribution in [2.45, 2.75) is 6.92 Å². The van der Waals surface area contributed by atoms with E-state index in [1.165, 1.54) is 12.1 Å². The average Bonchev–Trinajstić information content (AvgIpc) is 2.51. The molecule has 5 nitrogen and oxygen atoms in total. The highest BCUT2D eigenvalue weighted by molar-refractivity contribution is 6.42. The second-order valence-corrected chi connectivity index (χ2v) is 6.84. The summed E-state index contributed by atoms with van der Waals surface area (Å²) in [6, 6.07) is 8.38. The fourth-order valence-corrected chi connectivity index (χ4v) is 3.42. The van der Waals surface area contributed by atoms with Crippen molar-refractivity contribution < 1.29 is 14.3 Å². The Morgan fingerprint density at radius 2 is 1.88 bits per heavy atom. The molecule has 1 N–H and O–H groups in total. The Kier molecular flexibility index (Phi) is 5.08. The third-order valence-corrected chi connectivity index (χ3v) is 4.42. The standard InChI is InChI=1S/C17H13Cl3N2O3/c1-9-2-3-14-13(4-9)22(8-16(24)25-14)7-15(23)21-17-11(19)5-10(18)6-12(17)20/h2-6H,7-8H2,1H3,(H,21,23). The number of ether oxygens (including phenoxy) is 1. The molecule has 130 valence electrons. The van der Waals surface area contributed by atoms with E-state index in [9.17, 15) is 9.59 Å². The lowest BCUT2D eigenvalue weighted by atomic mass is 10.1. The van der Waals surface area contributed by atoms with Crippen LogP contribution in [0, 0.1) is 6.92 Å². The topological polar surface area (TPSA) is 58.6 Å². The summed E-state index contributed by atoms with van der Waals surface area (Å²) in [5.74, 6) is -0.364. The molecule has 0 bridgehead atoms. The van der Waals surface area contributed by atoms with Crippen molar-refractivity contribution in [3.8, 4) is 5.75 Å². The van der Waals surface area contributed by atoms with Gasteiger partial charge in [0, 0.05) is 5.02 Å². The lowest BCUT2D eigenvalue weighted by Crippen LogP contribution is -2.41. The molecule has 0 spiro atoms. The zero-order valence-electron chi connectivity index (χ0n) is 13.1. The number of nitrogens with zero attached hydrogens (tertiary/aromatic N) is 1. The number of fused-ring (bicyclic) bond motifs is 1.